The molecular weight excluding hydrogens is 684 g/mol. The number of methoxy groups -OCH3 is 3. The standard InChI is InChI=1S/C35H58N4O13/c1-5-49-18-19-50-20-21-51-22-23-52-29-8-6-28(7-9-29)24-30(34(43)44)38-14-10-36(25-32(40)41)11-16-39(31(27-46-2)35(45)48-4)17-13-37(12-15-38)26-33(42)47-3/h6-9,30-31H,5,10-27H2,1-4H3,(H,40,41)(H,43,44)/p-1. The van der Waals surface area contributed by atoms with Gasteiger partial charge in [0, 0.05) is 72.6 Å². The van der Waals surface area contributed by atoms with Crippen LogP contribution >= 0.6 is 0 Å². The van der Waals surface area contributed by atoms with E-state index >= 15 is 0 Å². The van der Waals surface area contributed by atoms with Crippen LogP contribution in [-0.4, -0.2) is 200 Å². The molecule has 52 heavy (non-hydrogen) atoms. The Morgan fingerprint density at radius 3 is 1.71 bits per heavy atom. The number of carboxylic acid groups (broad SMARTS) is 2. The Hall–Kier alpha value is -3.42. The molecule has 1 fully saturated rings. The Balaban J connectivity index is 2.14. The van der Waals surface area contributed by atoms with E-state index in [0.717, 1.165) is 5.56 Å². The lowest BCUT2D eigenvalue weighted by molar-refractivity contribution is -0.306. The van der Waals surface area contributed by atoms with Crippen molar-refractivity contribution in [3.8, 4) is 5.75 Å². The Kier molecular flexibility index (Phi) is 22.7. The third-order valence-electron chi connectivity index (χ3n) is 8.51. The highest BCUT2D eigenvalue weighted by atomic mass is 16.6. The van der Waals surface area contributed by atoms with Gasteiger partial charge in [-0.2, -0.15) is 0 Å². The van der Waals surface area contributed by atoms with E-state index < -0.39 is 36.0 Å². The highest BCUT2D eigenvalue weighted by Crippen LogP contribution is 2.17. The second kappa shape index (κ2) is 26.4. The van der Waals surface area contributed by atoms with E-state index in [4.69, 9.17) is 33.2 Å². The van der Waals surface area contributed by atoms with Gasteiger partial charge in [0.05, 0.1) is 66.4 Å². The summed E-state index contributed by atoms with van der Waals surface area (Å²) in [7, 11) is 4.05. The fourth-order valence-electron chi connectivity index (χ4n) is 5.63. The molecule has 2 unspecified atom stereocenters. The highest BCUT2D eigenvalue weighted by molar-refractivity contribution is 5.76. The van der Waals surface area contributed by atoms with Gasteiger partial charge >= 0.3 is 17.9 Å². The summed E-state index contributed by atoms with van der Waals surface area (Å²) in [6.45, 7) is 7.03. The van der Waals surface area contributed by atoms with Gasteiger partial charge in [0.1, 0.15) is 24.4 Å². The average Bonchev–Trinajstić information content (AvgIpc) is 3.12. The number of rotatable bonds is 23. The highest BCUT2D eigenvalue weighted by Gasteiger charge is 2.31. The normalized spacial score (nSPS) is 17.0. The Morgan fingerprint density at radius 1 is 0.712 bits per heavy atom. The molecule has 1 saturated heterocycles. The maximum absolute atomic E-state index is 12.7. The lowest BCUT2D eigenvalue weighted by Crippen LogP contribution is -2.55. The van der Waals surface area contributed by atoms with Crippen LogP contribution in [-0.2, 0) is 54.0 Å². The molecule has 0 aliphatic carbocycles. The zero-order valence-corrected chi connectivity index (χ0v) is 31.0. The number of hydrogen-bond donors (Lipinski definition) is 1. The van der Waals surface area contributed by atoms with Crippen LogP contribution in [0.5, 0.6) is 5.75 Å². The Labute approximate surface area is 306 Å². The summed E-state index contributed by atoms with van der Waals surface area (Å²) < 4.78 is 37.1. The first kappa shape index (κ1) is 44.7. The molecule has 0 bridgehead atoms. The van der Waals surface area contributed by atoms with E-state index in [0.29, 0.717) is 71.6 Å². The predicted molar refractivity (Wildman–Crippen MR) is 186 cm³/mol. The fourth-order valence-corrected chi connectivity index (χ4v) is 5.63. The summed E-state index contributed by atoms with van der Waals surface area (Å²) in [6.07, 6.45) is 0.172. The lowest BCUT2D eigenvalue weighted by atomic mass is 10.0. The van der Waals surface area contributed by atoms with Crippen LogP contribution in [0, 0.1) is 0 Å². The van der Waals surface area contributed by atoms with Gasteiger partial charge in [0.25, 0.3) is 0 Å². The molecule has 0 spiro atoms. The number of aliphatic carboxylic acids is 2. The second-order valence-corrected chi connectivity index (χ2v) is 12.0. The number of nitrogens with zero attached hydrogens (tertiary/aromatic N) is 4. The molecule has 17 nitrogen and oxygen atoms in total. The van der Waals surface area contributed by atoms with Crippen molar-refractivity contribution in [3.63, 3.8) is 0 Å². The fraction of sp³-hybridized carbons (Fsp3) is 0.714. The van der Waals surface area contributed by atoms with Crippen LogP contribution in [0.15, 0.2) is 24.3 Å². The molecule has 1 aliphatic heterocycles. The molecule has 17 heteroatoms. The van der Waals surface area contributed by atoms with Gasteiger partial charge in [-0.05, 0) is 31.0 Å². The van der Waals surface area contributed by atoms with Gasteiger partial charge in [-0.15, -0.1) is 0 Å². The first-order valence-corrected chi connectivity index (χ1v) is 17.6. The summed E-state index contributed by atoms with van der Waals surface area (Å²) in [5.74, 6) is -2.66. The van der Waals surface area contributed by atoms with Gasteiger partial charge in [-0.3, -0.25) is 34.0 Å². The van der Waals surface area contributed by atoms with Crippen molar-refractivity contribution < 1.29 is 62.5 Å². The molecule has 1 N–H and O–H groups in total. The lowest BCUT2D eigenvalue weighted by Gasteiger charge is -2.37. The van der Waals surface area contributed by atoms with Crippen molar-refractivity contribution in [3.05, 3.63) is 29.8 Å². The zero-order chi connectivity index (χ0) is 38.1. The molecule has 2 rings (SSSR count). The molecule has 0 saturated carbocycles. The molecule has 0 radical (unpaired) electrons. The van der Waals surface area contributed by atoms with Crippen molar-refractivity contribution in [2.75, 3.05) is 140 Å². The number of benzene rings is 1. The van der Waals surface area contributed by atoms with Crippen molar-refractivity contribution in [1.29, 1.82) is 0 Å². The molecule has 1 aromatic rings. The summed E-state index contributed by atoms with van der Waals surface area (Å²) in [6, 6.07) is 5.46. The summed E-state index contributed by atoms with van der Waals surface area (Å²) >= 11 is 0. The summed E-state index contributed by atoms with van der Waals surface area (Å²) in [5.41, 5.74) is 0.770. The Bertz CT molecular complexity index is 1180. The van der Waals surface area contributed by atoms with E-state index in [-0.39, 0.29) is 58.8 Å². The van der Waals surface area contributed by atoms with Crippen LogP contribution in [0.1, 0.15) is 12.5 Å². The van der Waals surface area contributed by atoms with Crippen LogP contribution in [0.4, 0.5) is 0 Å². The molecule has 1 aromatic carbocycles. The number of carboxylic acids is 2. The minimum Gasteiger partial charge on any atom is -0.549 e. The molecule has 2 atom stereocenters. The molecule has 0 amide bonds. The summed E-state index contributed by atoms with van der Waals surface area (Å²) in [4.78, 5) is 56.6. The molecule has 296 valence electrons. The van der Waals surface area contributed by atoms with E-state index in [9.17, 15) is 29.4 Å². The minimum absolute atomic E-state index is 0.0470. The molecule has 1 heterocycles. The van der Waals surface area contributed by atoms with Crippen molar-refractivity contribution >= 4 is 23.9 Å². The second-order valence-electron chi connectivity index (χ2n) is 12.0. The van der Waals surface area contributed by atoms with Gasteiger partial charge in [0.2, 0.25) is 0 Å². The Morgan fingerprint density at radius 2 is 1.23 bits per heavy atom. The van der Waals surface area contributed by atoms with Crippen molar-refractivity contribution in [2.24, 2.45) is 0 Å². The van der Waals surface area contributed by atoms with Crippen LogP contribution < -0.4 is 9.84 Å². The van der Waals surface area contributed by atoms with Gasteiger partial charge in [-0.25, -0.2) is 0 Å². The van der Waals surface area contributed by atoms with Crippen molar-refractivity contribution in [1.82, 2.24) is 19.6 Å². The number of esters is 2. The van der Waals surface area contributed by atoms with E-state index in [2.05, 4.69) is 0 Å². The SMILES string of the molecule is CCOCCOCCOCCOc1ccc(CC(C(=O)O)N2CCN(CC(=O)[O-])CCN(C(COC)C(=O)OC)CCN(CC(=O)OC)CC2)cc1. The quantitative estimate of drug-likeness (QED) is 0.100. The number of carbonyl (C=O) groups excluding carboxylic acids is 3. The average molecular weight is 742 g/mol. The van der Waals surface area contributed by atoms with E-state index in [1.807, 2.05) is 28.9 Å². The number of hydrogen-bond acceptors (Lipinski definition) is 16. The topological polar surface area (TPSA) is 189 Å². The maximum atomic E-state index is 12.7. The number of carbonyl (C=O) groups is 4. The van der Waals surface area contributed by atoms with Gasteiger partial charge in [-0.1, -0.05) is 12.1 Å². The first-order valence-electron chi connectivity index (χ1n) is 17.6. The predicted octanol–water partition coefficient (Wildman–Crippen LogP) is -1.54. The summed E-state index contributed by atoms with van der Waals surface area (Å²) in [5, 5.41) is 22.1. The zero-order valence-electron chi connectivity index (χ0n) is 31.0. The first-order chi connectivity index (χ1) is 25.1. The van der Waals surface area contributed by atoms with Crippen LogP contribution in [0.3, 0.4) is 0 Å². The van der Waals surface area contributed by atoms with E-state index in [1.165, 1.54) is 21.3 Å². The molecule has 1 aliphatic rings. The molecule has 0 aromatic heterocycles. The monoisotopic (exact) mass is 741 g/mol. The largest absolute Gasteiger partial charge is 0.549 e. The van der Waals surface area contributed by atoms with Gasteiger partial charge in [0.15, 0.2) is 0 Å². The maximum Gasteiger partial charge on any atom is 0.325 e. The van der Waals surface area contributed by atoms with E-state index in [1.54, 1.807) is 21.9 Å². The van der Waals surface area contributed by atoms with Gasteiger partial charge < -0.3 is 48.2 Å². The van der Waals surface area contributed by atoms with Crippen LogP contribution in [0.2, 0.25) is 0 Å². The minimum atomic E-state index is -1.28. The third kappa shape index (κ3) is 17.9. The number of ether oxygens (including phenoxy) is 7. The van der Waals surface area contributed by atoms with Crippen LogP contribution in [0.25, 0.3) is 0 Å². The smallest absolute Gasteiger partial charge is 0.325 e. The molecular formula is C35H57N4O13-. The van der Waals surface area contributed by atoms with Crippen molar-refractivity contribution in [2.45, 2.75) is 25.4 Å². The third-order valence-corrected chi connectivity index (χ3v) is 8.51.